The molecule has 1 aromatic heterocycles. The van der Waals surface area contributed by atoms with Gasteiger partial charge in [0.2, 0.25) is 0 Å². The monoisotopic (exact) mass is 336 g/mol. The molecule has 0 amide bonds. The maximum Gasteiger partial charge on any atom is 0.328 e. The second-order valence-electron chi connectivity index (χ2n) is 5.78. The maximum absolute atomic E-state index is 12.0. The summed E-state index contributed by atoms with van der Waals surface area (Å²) in [6.45, 7) is 0.994. The lowest BCUT2D eigenvalue weighted by Crippen LogP contribution is -2.32. The van der Waals surface area contributed by atoms with E-state index in [0.717, 1.165) is 11.3 Å². The van der Waals surface area contributed by atoms with E-state index >= 15 is 0 Å². The number of nitrogens with one attached hydrogen (secondary N) is 1. The minimum atomic E-state index is -0.387. The number of benzene rings is 2. The lowest BCUT2D eigenvalue weighted by Gasteiger charge is -2.09. The zero-order valence-corrected chi connectivity index (χ0v) is 13.9. The maximum atomic E-state index is 12.0. The van der Waals surface area contributed by atoms with Gasteiger partial charge in [0.05, 0.1) is 6.61 Å². The number of nitrogens with zero attached hydrogens (tertiary/aromatic N) is 1. The number of ether oxygens (including phenoxy) is 1. The molecule has 5 heteroatoms. The summed E-state index contributed by atoms with van der Waals surface area (Å²) in [7, 11) is 0. The highest BCUT2D eigenvalue weighted by Crippen LogP contribution is 2.08. The zero-order valence-electron chi connectivity index (χ0n) is 13.9. The lowest BCUT2D eigenvalue weighted by molar-refractivity contribution is 0.300. The largest absolute Gasteiger partial charge is 0.494 e. The van der Waals surface area contributed by atoms with Gasteiger partial charge < -0.3 is 9.30 Å². The Labute approximate surface area is 145 Å². The van der Waals surface area contributed by atoms with Crippen molar-refractivity contribution in [3.05, 3.63) is 98.8 Å². The van der Waals surface area contributed by atoms with E-state index < -0.39 is 0 Å². The highest BCUT2D eigenvalue weighted by molar-refractivity contribution is 5.22. The minimum Gasteiger partial charge on any atom is -0.494 e. The van der Waals surface area contributed by atoms with Gasteiger partial charge in [0.1, 0.15) is 5.75 Å². The highest BCUT2D eigenvalue weighted by atomic mass is 16.5. The Kier molecular flexibility index (Phi) is 5.46. The van der Waals surface area contributed by atoms with E-state index in [0.29, 0.717) is 31.6 Å². The van der Waals surface area contributed by atoms with Gasteiger partial charge in [0, 0.05) is 24.7 Å². The van der Waals surface area contributed by atoms with Crippen molar-refractivity contribution in [3.8, 4) is 5.75 Å². The van der Waals surface area contributed by atoms with Crippen LogP contribution in [0.15, 0.2) is 76.4 Å². The first-order valence-corrected chi connectivity index (χ1v) is 8.27. The van der Waals surface area contributed by atoms with Gasteiger partial charge in [-0.2, -0.15) is 0 Å². The van der Waals surface area contributed by atoms with E-state index in [9.17, 15) is 9.59 Å². The number of hydrogen-bond acceptors (Lipinski definition) is 3. The van der Waals surface area contributed by atoms with Crippen LogP contribution < -0.4 is 16.0 Å². The third kappa shape index (κ3) is 4.70. The molecule has 2 aromatic carbocycles. The quantitative estimate of drug-likeness (QED) is 0.675. The fourth-order valence-electron chi connectivity index (χ4n) is 2.60. The molecule has 0 bridgehead atoms. The van der Waals surface area contributed by atoms with E-state index in [1.807, 2.05) is 60.7 Å². The van der Waals surface area contributed by atoms with Crippen LogP contribution in [-0.2, 0) is 13.0 Å². The second-order valence-corrected chi connectivity index (χ2v) is 5.78. The number of hydrogen-bond donors (Lipinski definition) is 1. The summed E-state index contributed by atoms with van der Waals surface area (Å²) in [4.78, 5) is 26.4. The van der Waals surface area contributed by atoms with Crippen LogP contribution in [0.4, 0.5) is 0 Å². The summed E-state index contributed by atoms with van der Waals surface area (Å²) < 4.78 is 7.17. The molecule has 0 unspecified atom stereocenters. The topological polar surface area (TPSA) is 64.1 Å². The molecule has 3 rings (SSSR count). The highest BCUT2D eigenvalue weighted by Gasteiger charge is 2.06. The number of aromatic nitrogens is 2. The summed E-state index contributed by atoms with van der Waals surface area (Å²) in [5.41, 5.74) is 0.896. The van der Waals surface area contributed by atoms with Crippen molar-refractivity contribution in [3.63, 3.8) is 0 Å². The van der Waals surface area contributed by atoms with Gasteiger partial charge in [0.25, 0.3) is 5.56 Å². The molecular formula is C20H20N2O3. The van der Waals surface area contributed by atoms with E-state index in [1.54, 1.807) is 6.20 Å². The number of H-pyrrole nitrogens is 1. The molecular weight excluding hydrogens is 316 g/mol. The Morgan fingerprint density at radius 2 is 1.60 bits per heavy atom. The van der Waals surface area contributed by atoms with Gasteiger partial charge in [-0.05, 0) is 24.1 Å². The molecule has 0 spiro atoms. The van der Waals surface area contributed by atoms with Crippen molar-refractivity contribution in [1.82, 2.24) is 9.55 Å². The van der Waals surface area contributed by atoms with Crippen molar-refractivity contribution in [1.29, 1.82) is 0 Å². The van der Waals surface area contributed by atoms with Gasteiger partial charge >= 0.3 is 5.69 Å². The minimum absolute atomic E-state index is 0.328. The number of para-hydroxylation sites is 1. The van der Waals surface area contributed by atoms with Gasteiger partial charge in [-0.25, -0.2) is 4.79 Å². The molecule has 0 saturated carbocycles. The lowest BCUT2D eigenvalue weighted by atomic mass is 10.1. The predicted molar refractivity (Wildman–Crippen MR) is 97.1 cm³/mol. The Morgan fingerprint density at radius 1 is 0.920 bits per heavy atom. The average Bonchev–Trinajstić information content (AvgIpc) is 2.64. The van der Waals surface area contributed by atoms with Gasteiger partial charge in [-0.1, -0.05) is 48.5 Å². The van der Waals surface area contributed by atoms with Crippen molar-refractivity contribution < 1.29 is 4.74 Å². The molecule has 0 aliphatic heterocycles. The SMILES string of the molecule is O=c1[nH]c(=O)n(CCCOc2ccccc2)cc1Cc1ccccc1. The van der Waals surface area contributed by atoms with Crippen molar-refractivity contribution >= 4 is 0 Å². The molecule has 1 N–H and O–H groups in total. The summed E-state index contributed by atoms with van der Waals surface area (Å²) >= 11 is 0. The third-order valence-electron chi connectivity index (χ3n) is 3.88. The van der Waals surface area contributed by atoms with Crippen LogP contribution in [0.1, 0.15) is 17.5 Å². The number of aryl methyl sites for hydroxylation is 1. The Bertz CT molecular complexity index is 915. The van der Waals surface area contributed by atoms with Gasteiger partial charge in [0.15, 0.2) is 0 Å². The third-order valence-corrected chi connectivity index (χ3v) is 3.88. The first-order valence-electron chi connectivity index (χ1n) is 8.27. The Morgan fingerprint density at radius 3 is 2.32 bits per heavy atom. The van der Waals surface area contributed by atoms with Crippen LogP contribution in [0.5, 0.6) is 5.75 Å². The number of rotatable bonds is 7. The van der Waals surface area contributed by atoms with E-state index in [1.165, 1.54) is 4.57 Å². The molecule has 128 valence electrons. The fraction of sp³-hybridized carbons (Fsp3) is 0.200. The molecule has 0 atom stereocenters. The smallest absolute Gasteiger partial charge is 0.328 e. The molecule has 0 aliphatic rings. The van der Waals surface area contributed by atoms with Crippen molar-refractivity contribution in [2.75, 3.05) is 6.61 Å². The van der Waals surface area contributed by atoms with Crippen LogP contribution in [0.2, 0.25) is 0 Å². The molecule has 3 aromatic rings. The first-order chi connectivity index (χ1) is 12.2. The predicted octanol–water partition coefficient (Wildman–Crippen LogP) is 2.60. The fourth-order valence-corrected chi connectivity index (χ4v) is 2.60. The van der Waals surface area contributed by atoms with Crippen LogP contribution in [0, 0.1) is 0 Å². The summed E-state index contributed by atoms with van der Waals surface area (Å²) in [5, 5.41) is 0. The van der Waals surface area contributed by atoms with Gasteiger partial charge in [-0.15, -0.1) is 0 Å². The molecule has 5 nitrogen and oxygen atoms in total. The summed E-state index contributed by atoms with van der Waals surface area (Å²) in [6, 6.07) is 19.3. The van der Waals surface area contributed by atoms with E-state index in [2.05, 4.69) is 4.98 Å². The molecule has 25 heavy (non-hydrogen) atoms. The van der Waals surface area contributed by atoms with E-state index in [4.69, 9.17) is 4.74 Å². The molecule has 0 saturated heterocycles. The second kappa shape index (κ2) is 8.15. The first kappa shape index (κ1) is 16.8. The van der Waals surface area contributed by atoms with Crippen molar-refractivity contribution in [2.24, 2.45) is 0 Å². The van der Waals surface area contributed by atoms with E-state index in [-0.39, 0.29) is 11.2 Å². The van der Waals surface area contributed by atoms with Crippen LogP contribution >= 0.6 is 0 Å². The van der Waals surface area contributed by atoms with Gasteiger partial charge in [-0.3, -0.25) is 9.78 Å². The summed E-state index contributed by atoms with van der Waals surface area (Å²) in [5.74, 6) is 0.807. The molecule has 0 aliphatic carbocycles. The van der Waals surface area contributed by atoms with Crippen LogP contribution in [-0.4, -0.2) is 16.2 Å². The van der Waals surface area contributed by atoms with Crippen LogP contribution in [0.3, 0.4) is 0 Å². The Balaban J connectivity index is 1.64. The average molecular weight is 336 g/mol. The standard InChI is InChI=1S/C20H20N2O3/c23-19-17(14-16-8-3-1-4-9-16)15-22(20(24)21-19)12-7-13-25-18-10-5-2-6-11-18/h1-6,8-11,15H,7,12-14H2,(H,21,23,24). The zero-order chi connectivity index (χ0) is 17.5. The molecule has 0 radical (unpaired) electrons. The van der Waals surface area contributed by atoms with Crippen molar-refractivity contribution in [2.45, 2.75) is 19.4 Å². The van der Waals surface area contributed by atoms with Crippen LogP contribution in [0.25, 0.3) is 0 Å². The summed E-state index contributed by atoms with van der Waals surface area (Å²) in [6.07, 6.45) is 2.82. The molecule has 1 heterocycles. The Hall–Kier alpha value is -3.08. The normalized spacial score (nSPS) is 10.6. The number of aromatic amines is 1. The molecule has 0 fully saturated rings.